The average Bonchev–Trinajstić information content (AvgIpc) is 2.41. The first-order chi connectivity index (χ1) is 9.13. The highest BCUT2D eigenvalue weighted by molar-refractivity contribution is 5.96. The molecule has 19 heavy (non-hydrogen) atoms. The van der Waals surface area contributed by atoms with Crippen LogP contribution in [0.4, 0.5) is 0 Å². The zero-order valence-electron chi connectivity index (χ0n) is 10.9. The molecule has 0 unspecified atom stereocenters. The summed E-state index contributed by atoms with van der Waals surface area (Å²) in [5.41, 5.74) is 0.973. The molecule has 102 valence electrons. The smallest absolute Gasteiger partial charge is 0.245 e. The van der Waals surface area contributed by atoms with Gasteiger partial charge < -0.3 is 15.3 Å². The summed E-state index contributed by atoms with van der Waals surface area (Å²) in [4.78, 5) is 25.7. The van der Waals surface area contributed by atoms with Gasteiger partial charge in [0.1, 0.15) is 12.1 Å². The van der Waals surface area contributed by atoms with Crippen LogP contribution >= 0.6 is 0 Å². The van der Waals surface area contributed by atoms with Gasteiger partial charge in [-0.3, -0.25) is 9.59 Å². The van der Waals surface area contributed by atoms with E-state index < -0.39 is 12.1 Å². The molecule has 1 fully saturated rings. The Morgan fingerprint density at radius 2 is 1.95 bits per heavy atom. The topological polar surface area (TPSA) is 69.6 Å². The highest BCUT2D eigenvalue weighted by Gasteiger charge is 2.37. The van der Waals surface area contributed by atoms with E-state index in [4.69, 9.17) is 5.11 Å². The SMILES string of the molecule is C[C@H]1NC(=O)[C@H](CCO)N(Cc2ccccc2)C1=O. The summed E-state index contributed by atoms with van der Waals surface area (Å²) in [5, 5.41) is 11.7. The molecule has 2 amide bonds. The summed E-state index contributed by atoms with van der Waals surface area (Å²) >= 11 is 0. The van der Waals surface area contributed by atoms with E-state index >= 15 is 0 Å². The van der Waals surface area contributed by atoms with Gasteiger partial charge in [0, 0.05) is 13.2 Å². The molecule has 1 aliphatic heterocycles. The number of carbonyl (C=O) groups is 2. The molecule has 5 heteroatoms. The van der Waals surface area contributed by atoms with Crippen molar-refractivity contribution < 1.29 is 14.7 Å². The maximum Gasteiger partial charge on any atom is 0.245 e. The highest BCUT2D eigenvalue weighted by Crippen LogP contribution is 2.16. The van der Waals surface area contributed by atoms with Crippen LogP contribution in [0.25, 0.3) is 0 Å². The number of piperazine rings is 1. The molecular weight excluding hydrogens is 244 g/mol. The summed E-state index contributed by atoms with van der Waals surface area (Å²) < 4.78 is 0. The Balaban J connectivity index is 2.21. The zero-order chi connectivity index (χ0) is 13.8. The van der Waals surface area contributed by atoms with Crippen molar-refractivity contribution >= 4 is 11.8 Å². The van der Waals surface area contributed by atoms with Gasteiger partial charge in [-0.1, -0.05) is 30.3 Å². The van der Waals surface area contributed by atoms with Crippen molar-refractivity contribution in [2.24, 2.45) is 0 Å². The standard InChI is InChI=1S/C14H18N2O3/c1-10-14(19)16(9-11-5-3-2-4-6-11)12(7-8-17)13(18)15-10/h2-6,10,12,17H,7-9H2,1H3,(H,15,18)/t10-,12+/m1/s1. The molecule has 0 radical (unpaired) electrons. The van der Waals surface area contributed by atoms with E-state index in [-0.39, 0.29) is 24.8 Å². The van der Waals surface area contributed by atoms with Crippen LogP contribution < -0.4 is 5.32 Å². The van der Waals surface area contributed by atoms with Crippen molar-refractivity contribution in [3.63, 3.8) is 0 Å². The van der Waals surface area contributed by atoms with Crippen molar-refractivity contribution in [1.29, 1.82) is 0 Å². The molecule has 1 saturated heterocycles. The predicted molar refractivity (Wildman–Crippen MR) is 70.1 cm³/mol. The number of aliphatic hydroxyl groups is 1. The quantitative estimate of drug-likeness (QED) is 0.819. The molecule has 0 aromatic heterocycles. The van der Waals surface area contributed by atoms with E-state index in [1.165, 1.54) is 0 Å². The number of hydrogen-bond acceptors (Lipinski definition) is 3. The zero-order valence-corrected chi connectivity index (χ0v) is 10.9. The monoisotopic (exact) mass is 262 g/mol. The fraction of sp³-hybridized carbons (Fsp3) is 0.429. The van der Waals surface area contributed by atoms with Crippen LogP contribution in [-0.4, -0.2) is 40.5 Å². The normalized spacial score (nSPS) is 23.4. The summed E-state index contributed by atoms with van der Waals surface area (Å²) in [7, 11) is 0. The number of rotatable bonds is 4. The number of nitrogens with one attached hydrogen (secondary N) is 1. The molecule has 0 spiro atoms. The number of aliphatic hydroxyl groups excluding tert-OH is 1. The van der Waals surface area contributed by atoms with Gasteiger partial charge in [0.15, 0.2) is 0 Å². The number of benzene rings is 1. The number of hydrogen-bond donors (Lipinski definition) is 2. The third-order valence-corrected chi connectivity index (χ3v) is 3.29. The second kappa shape index (κ2) is 5.84. The van der Waals surface area contributed by atoms with Gasteiger partial charge in [-0.05, 0) is 18.9 Å². The lowest BCUT2D eigenvalue weighted by Gasteiger charge is -2.37. The molecule has 0 saturated carbocycles. The first-order valence-electron chi connectivity index (χ1n) is 6.39. The van der Waals surface area contributed by atoms with E-state index in [0.717, 1.165) is 5.56 Å². The first kappa shape index (κ1) is 13.5. The van der Waals surface area contributed by atoms with E-state index in [9.17, 15) is 9.59 Å². The van der Waals surface area contributed by atoms with Crippen molar-refractivity contribution in [3.05, 3.63) is 35.9 Å². The maximum atomic E-state index is 12.2. The van der Waals surface area contributed by atoms with Gasteiger partial charge in [-0.25, -0.2) is 0 Å². The maximum absolute atomic E-state index is 12.2. The van der Waals surface area contributed by atoms with Crippen molar-refractivity contribution in [2.45, 2.75) is 32.0 Å². The summed E-state index contributed by atoms with van der Waals surface area (Å²) in [6.45, 7) is 1.94. The molecule has 1 aromatic rings. The van der Waals surface area contributed by atoms with Crippen molar-refractivity contribution in [2.75, 3.05) is 6.61 Å². The molecule has 1 aliphatic rings. The number of carbonyl (C=O) groups excluding carboxylic acids is 2. The number of amides is 2. The molecule has 1 heterocycles. The lowest BCUT2D eigenvalue weighted by atomic mass is 10.0. The van der Waals surface area contributed by atoms with Crippen LogP contribution in [0.3, 0.4) is 0 Å². The first-order valence-corrected chi connectivity index (χ1v) is 6.39. The minimum atomic E-state index is -0.589. The van der Waals surface area contributed by atoms with Crippen molar-refractivity contribution in [1.82, 2.24) is 10.2 Å². The van der Waals surface area contributed by atoms with Crippen LogP contribution in [0.5, 0.6) is 0 Å². The molecule has 1 aromatic carbocycles. The van der Waals surface area contributed by atoms with Gasteiger partial charge in [0.2, 0.25) is 11.8 Å². The lowest BCUT2D eigenvalue weighted by Crippen LogP contribution is -2.62. The van der Waals surface area contributed by atoms with Crippen LogP contribution in [0.2, 0.25) is 0 Å². The van der Waals surface area contributed by atoms with Gasteiger partial charge in [0.05, 0.1) is 0 Å². The molecule has 0 aliphatic carbocycles. The lowest BCUT2D eigenvalue weighted by molar-refractivity contribution is -0.150. The van der Waals surface area contributed by atoms with Crippen molar-refractivity contribution in [3.8, 4) is 0 Å². The van der Waals surface area contributed by atoms with Gasteiger partial charge in [-0.2, -0.15) is 0 Å². The van der Waals surface area contributed by atoms with Crippen LogP contribution in [-0.2, 0) is 16.1 Å². The molecule has 2 rings (SSSR count). The Morgan fingerprint density at radius 3 is 2.58 bits per heavy atom. The van der Waals surface area contributed by atoms with Gasteiger partial charge in [0.25, 0.3) is 0 Å². The molecular formula is C14H18N2O3. The highest BCUT2D eigenvalue weighted by atomic mass is 16.3. The molecule has 5 nitrogen and oxygen atoms in total. The molecule has 0 bridgehead atoms. The molecule has 2 atom stereocenters. The van der Waals surface area contributed by atoms with Crippen LogP contribution in [0.1, 0.15) is 18.9 Å². The van der Waals surface area contributed by atoms with Crippen LogP contribution in [0.15, 0.2) is 30.3 Å². The number of nitrogens with zero attached hydrogens (tertiary/aromatic N) is 1. The Morgan fingerprint density at radius 1 is 1.26 bits per heavy atom. The fourth-order valence-electron chi connectivity index (χ4n) is 2.29. The molecule has 2 N–H and O–H groups in total. The third kappa shape index (κ3) is 2.93. The largest absolute Gasteiger partial charge is 0.396 e. The second-order valence-electron chi connectivity index (χ2n) is 4.71. The Hall–Kier alpha value is -1.88. The minimum absolute atomic E-state index is 0.109. The second-order valence-corrected chi connectivity index (χ2v) is 4.71. The van der Waals surface area contributed by atoms with Gasteiger partial charge in [-0.15, -0.1) is 0 Å². The van der Waals surface area contributed by atoms with Crippen LogP contribution in [0, 0.1) is 0 Å². The van der Waals surface area contributed by atoms with E-state index in [1.54, 1.807) is 11.8 Å². The predicted octanol–water partition coefficient (Wildman–Crippen LogP) is 0.284. The Labute approximate surface area is 112 Å². The fourth-order valence-corrected chi connectivity index (χ4v) is 2.29. The van der Waals surface area contributed by atoms with E-state index in [1.807, 2.05) is 30.3 Å². The summed E-state index contributed by atoms with van der Waals surface area (Å²) in [5.74, 6) is -0.306. The Bertz CT molecular complexity index is 461. The third-order valence-electron chi connectivity index (χ3n) is 3.29. The summed E-state index contributed by atoms with van der Waals surface area (Å²) in [6, 6.07) is 8.44. The average molecular weight is 262 g/mol. The van der Waals surface area contributed by atoms with Gasteiger partial charge >= 0.3 is 0 Å². The minimum Gasteiger partial charge on any atom is -0.396 e. The van der Waals surface area contributed by atoms with E-state index in [2.05, 4.69) is 5.32 Å². The summed E-state index contributed by atoms with van der Waals surface area (Å²) in [6.07, 6.45) is 0.261. The van der Waals surface area contributed by atoms with E-state index in [0.29, 0.717) is 6.54 Å². The Kier molecular flexibility index (Phi) is 4.16.